The predicted molar refractivity (Wildman–Crippen MR) is 78.9 cm³/mol. The summed E-state index contributed by atoms with van der Waals surface area (Å²) in [6.45, 7) is 11.2. The van der Waals surface area contributed by atoms with Crippen molar-refractivity contribution in [2.24, 2.45) is 0 Å². The quantitative estimate of drug-likeness (QED) is 0.789. The number of likely N-dealkylation sites (tertiary alicyclic amines) is 1. The van der Waals surface area contributed by atoms with E-state index in [2.05, 4.69) is 17.1 Å². The molecule has 0 aromatic carbocycles. The Balaban J connectivity index is 2.03. The maximum atomic E-state index is 12.1. The first kappa shape index (κ1) is 14.8. The number of amides is 1. The molecular formula is C16H24N2O2. The van der Waals surface area contributed by atoms with Crippen LogP contribution in [0.2, 0.25) is 0 Å². The molecule has 4 heteroatoms. The first-order chi connectivity index (χ1) is 9.24. The van der Waals surface area contributed by atoms with Gasteiger partial charge in [0.25, 0.3) is 0 Å². The van der Waals surface area contributed by atoms with Gasteiger partial charge >= 0.3 is 6.09 Å². The smallest absolute Gasteiger partial charge is 0.410 e. The Hall–Kier alpha value is -1.58. The third-order valence-corrected chi connectivity index (χ3v) is 3.42. The molecule has 20 heavy (non-hydrogen) atoms. The summed E-state index contributed by atoms with van der Waals surface area (Å²) in [5.41, 5.74) is 2.92. The first-order valence-electron chi connectivity index (χ1n) is 7.18. The normalized spacial score (nSPS) is 19.2. The lowest BCUT2D eigenvalue weighted by molar-refractivity contribution is 0.0292. The number of hydrogen-bond acceptors (Lipinski definition) is 3. The number of carbonyl (C=O) groups excluding carboxylic acids is 1. The van der Waals surface area contributed by atoms with Crippen LogP contribution >= 0.6 is 0 Å². The second-order valence-electron chi connectivity index (χ2n) is 6.60. The van der Waals surface area contributed by atoms with Crippen molar-refractivity contribution >= 4 is 6.09 Å². The van der Waals surface area contributed by atoms with Crippen LogP contribution in [0.5, 0.6) is 0 Å². The standard InChI is InChI=1S/C16H24N2O2/c1-11-8-14(9-12(2)17-11)13-6-7-18(10-13)15(19)20-16(3,4)5/h8-9,13H,6-7,10H2,1-5H3. The molecule has 0 radical (unpaired) electrons. The average Bonchev–Trinajstić information content (AvgIpc) is 2.74. The highest BCUT2D eigenvalue weighted by molar-refractivity contribution is 5.68. The van der Waals surface area contributed by atoms with Gasteiger partial charge in [-0.2, -0.15) is 0 Å². The molecule has 0 bridgehead atoms. The lowest BCUT2D eigenvalue weighted by Crippen LogP contribution is -2.35. The van der Waals surface area contributed by atoms with Crippen LogP contribution in [0.15, 0.2) is 12.1 Å². The number of hydrogen-bond donors (Lipinski definition) is 0. The molecule has 110 valence electrons. The van der Waals surface area contributed by atoms with Crippen molar-refractivity contribution < 1.29 is 9.53 Å². The molecule has 2 rings (SSSR count). The fourth-order valence-corrected chi connectivity index (χ4v) is 2.63. The fourth-order valence-electron chi connectivity index (χ4n) is 2.63. The lowest BCUT2D eigenvalue weighted by Gasteiger charge is -2.24. The van der Waals surface area contributed by atoms with Gasteiger partial charge in [0.2, 0.25) is 0 Å². The van der Waals surface area contributed by atoms with E-state index in [0.29, 0.717) is 5.92 Å². The van der Waals surface area contributed by atoms with Gasteiger partial charge in [-0.05, 0) is 58.7 Å². The van der Waals surface area contributed by atoms with Crippen molar-refractivity contribution in [3.8, 4) is 0 Å². The van der Waals surface area contributed by atoms with Crippen molar-refractivity contribution in [3.05, 3.63) is 29.1 Å². The molecule has 1 amide bonds. The summed E-state index contributed by atoms with van der Waals surface area (Å²) in [6, 6.07) is 4.24. The van der Waals surface area contributed by atoms with Gasteiger partial charge in [0.1, 0.15) is 5.60 Å². The number of pyridine rings is 1. The van der Waals surface area contributed by atoms with Crippen molar-refractivity contribution in [3.63, 3.8) is 0 Å². The molecule has 1 unspecified atom stereocenters. The highest BCUT2D eigenvalue weighted by Crippen LogP contribution is 2.28. The lowest BCUT2D eigenvalue weighted by atomic mass is 9.98. The van der Waals surface area contributed by atoms with E-state index in [1.54, 1.807) is 4.90 Å². The maximum absolute atomic E-state index is 12.1. The molecular weight excluding hydrogens is 252 g/mol. The van der Waals surface area contributed by atoms with E-state index < -0.39 is 5.60 Å². The molecule has 0 spiro atoms. The van der Waals surface area contributed by atoms with Crippen LogP contribution in [0, 0.1) is 13.8 Å². The van der Waals surface area contributed by atoms with Gasteiger partial charge in [0, 0.05) is 30.4 Å². The van der Waals surface area contributed by atoms with E-state index in [1.807, 2.05) is 34.6 Å². The minimum absolute atomic E-state index is 0.206. The molecule has 1 atom stereocenters. The number of ether oxygens (including phenoxy) is 1. The zero-order valence-corrected chi connectivity index (χ0v) is 13.1. The van der Waals surface area contributed by atoms with Gasteiger partial charge in [-0.25, -0.2) is 4.79 Å². The highest BCUT2D eigenvalue weighted by atomic mass is 16.6. The van der Waals surface area contributed by atoms with E-state index in [9.17, 15) is 4.79 Å². The Morgan fingerprint density at radius 2 is 1.90 bits per heavy atom. The summed E-state index contributed by atoms with van der Waals surface area (Å²) >= 11 is 0. The van der Waals surface area contributed by atoms with Crippen molar-refractivity contribution in [2.75, 3.05) is 13.1 Å². The fraction of sp³-hybridized carbons (Fsp3) is 0.625. The van der Waals surface area contributed by atoms with Crippen LogP contribution in [0.4, 0.5) is 4.79 Å². The number of nitrogens with zero attached hydrogens (tertiary/aromatic N) is 2. The Kier molecular flexibility index (Phi) is 4.02. The number of aryl methyl sites for hydroxylation is 2. The van der Waals surface area contributed by atoms with E-state index >= 15 is 0 Å². The molecule has 0 N–H and O–H groups in total. The van der Waals surface area contributed by atoms with E-state index in [1.165, 1.54) is 5.56 Å². The van der Waals surface area contributed by atoms with Gasteiger partial charge in [0.15, 0.2) is 0 Å². The molecule has 1 aliphatic rings. The van der Waals surface area contributed by atoms with E-state index in [4.69, 9.17) is 4.74 Å². The zero-order valence-electron chi connectivity index (χ0n) is 13.1. The number of carbonyl (C=O) groups is 1. The minimum Gasteiger partial charge on any atom is -0.444 e. The topological polar surface area (TPSA) is 42.4 Å². The summed E-state index contributed by atoms with van der Waals surface area (Å²) in [6.07, 6.45) is 0.782. The molecule has 0 saturated carbocycles. The van der Waals surface area contributed by atoms with Crippen LogP contribution in [0.25, 0.3) is 0 Å². The van der Waals surface area contributed by atoms with Crippen LogP contribution in [-0.2, 0) is 4.74 Å². The minimum atomic E-state index is -0.432. The van der Waals surface area contributed by atoms with Crippen LogP contribution in [-0.4, -0.2) is 34.7 Å². The van der Waals surface area contributed by atoms with Gasteiger partial charge < -0.3 is 9.64 Å². The van der Waals surface area contributed by atoms with Gasteiger partial charge in [-0.15, -0.1) is 0 Å². The van der Waals surface area contributed by atoms with Gasteiger partial charge in [-0.3, -0.25) is 4.98 Å². The zero-order chi connectivity index (χ0) is 14.9. The third kappa shape index (κ3) is 3.71. The Morgan fingerprint density at radius 1 is 1.30 bits per heavy atom. The third-order valence-electron chi connectivity index (χ3n) is 3.42. The van der Waals surface area contributed by atoms with Gasteiger partial charge in [0.05, 0.1) is 0 Å². The molecule has 1 aliphatic heterocycles. The van der Waals surface area contributed by atoms with Crippen molar-refractivity contribution in [1.82, 2.24) is 9.88 Å². The monoisotopic (exact) mass is 276 g/mol. The van der Waals surface area contributed by atoms with Crippen molar-refractivity contribution in [2.45, 2.75) is 52.6 Å². The van der Waals surface area contributed by atoms with Crippen LogP contribution < -0.4 is 0 Å². The Labute approximate surface area is 121 Å². The molecule has 2 heterocycles. The maximum Gasteiger partial charge on any atom is 0.410 e. The molecule has 1 aromatic heterocycles. The molecule has 4 nitrogen and oxygen atoms in total. The largest absolute Gasteiger partial charge is 0.444 e. The first-order valence-corrected chi connectivity index (χ1v) is 7.18. The molecule has 1 saturated heterocycles. The Bertz CT molecular complexity index is 485. The number of rotatable bonds is 1. The average molecular weight is 276 g/mol. The highest BCUT2D eigenvalue weighted by Gasteiger charge is 2.30. The number of aromatic nitrogens is 1. The summed E-state index contributed by atoms with van der Waals surface area (Å²) in [5.74, 6) is 0.392. The summed E-state index contributed by atoms with van der Waals surface area (Å²) in [7, 11) is 0. The Morgan fingerprint density at radius 3 is 2.45 bits per heavy atom. The summed E-state index contributed by atoms with van der Waals surface area (Å²) < 4.78 is 5.43. The van der Waals surface area contributed by atoms with Gasteiger partial charge in [-0.1, -0.05) is 0 Å². The second-order valence-corrected chi connectivity index (χ2v) is 6.60. The van der Waals surface area contributed by atoms with Crippen molar-refractivity contribution in [1.29, 1.82) is 0 Å². The van der Waals surface area contributed by atoms with Crippen LogP contribution in [0.3, 0.4) is 0 Å². The predicted octanol–water partition coefficient (Wildman–Crippen LogP) is 3.42. The summed E-state index contributed by atoms with van der Waals surface area (Å²) in [4.78, 5) is 18.3. The molecule has 1 aromatic rings. The molecule has 1 fully saturated rings. The SMILES string of the molecule is Cc1cc(C2CCN(C(=O)OC(C)(C)C)C2)cc(C)n1. The molecule has 0 aliphatic carbocycles. The summed E-state index contributed by atoms with van der Waals surface area (Å²) in [5, 5.41) is 0. The van der Waals surface area contributed by atoms with Crippen LogP contribution in [0.1, 0.15) is 50.1 Å². The second kappa shape index (κ2) is 5.43. The van der Waals surface area contributed by atoms with E-state index in [-0.39, 0.29) is 6.09 Å². The van der Waals surface area contributed by atoms with E-state index in [0.717, 1.165) is 30.9 Å².